The molecule has 2 saturated carbocycles. The molecule has 0 aliphatic heterocycles. The van der Waals surface area contributed by atoms with Gasteiger partial charge in [-0.3, -0.25) is 9.59 Å². The third-order valence-electron chi connectivity index (χ3n) is 2.94. The molecular weight excluding hydrogens is 170 g/mol. The van der Waals surface area contributed by atoms with Crippen molar-refractivity contribution in [1.29, 1.82) is 0 Å². The highest BCUT2D eigenvalue weighted by Gasteiger charge is 2.56. The zero-order chi connectivity index (χ0) is 9.59. The maximum Gasteiger partial charge on any atom is 0.306 e. The molecule has 2 rings (SSSR count). The fourth-order valence-corrected chi connectivity index (χ4v) is 2.09. The number of amides is 1. The van der Waals surface area contributed by atoms with Crippen LogP contribution in [0.2, 0.25) is 0 Å². The van der Waals surface area contributed by atoms with Crippen LogP contribution >= 0.6 is 0 Å². The lowest BCUT2D eigenvalue weighted by Gasteiger charge is -1.98. The van der Waals surface area contributed by atoms with Gasteiger partial charge in [0.2, 0.25) is 5.91 Å². The Morgan fingerprint density at radius 3 is 2.46 bits per heavy atom. The first-order valence-corrected chi connectivity index (χ1v) is 4.59. The first-order valence-electron chi connectivity index (χ1n) is 4.59. The molecule has 4 nitrogen and oxygen atoms in total. The molecule has 0 aromatic rings. The quantitative estimate of drug-likeness (QED) is 0.658. The Kier molecular flexibility index (Phi) is 1.78. The number of nitrogens with one attached hydrogen (secondary N) is 1. The van der Waals surface area contributed by atoms with E-state index in [0.29, 0.717) is 11.8 Å². The van der Waals surface area contributed by atoms with Crippen LogP contribution in [0.25, 0.3) is 0 Å². The second kappa shape index (κ2) is 2.72. The van der Waals surface area contributed by atoms with Crippen LogP contribution in [-0.2, 0) is 9.59 Å². The summed E-state index contributed by atoms with van der Waals surface area (Å²) in [5.41, 5.74) is 0. The molecule has 0 spiro atoms. The van der Waals surface area contributed by atoms with Crippen molar-refractivity contribution in [2.45, 2.75) is 25.8 Å². The lowest BCUT2D eigenvalue weighted by molar-refractivity contribution is -0.138. The highest BCUT2D eigenvalue weighted by atomic mass is 16.4. The minimum atomic E-state index is -0.682. The molecule has 13 heavy (non-hydrogen) atoms. The predicted octanol–water partition coefficient (Wildman–Crippen LogP) is 0.232. The molecule has 2 fully saturated rings. The number of carbonyl (C=O) groups is 2. The summed E-state index contributed by atoms with van der Waals surface area (Å²) in [6.07, 6.45) is 1.77. The van der Waals surface area contributed by atoms with E-state index in [2.05, 4.69) is 5.32 Å². The zero-order valence-corrected chi connectivity index (χ0v) is 7.49. The Hall–Kier alpha value is -1.06. The van der Waals surface area contributed by atoms with E-state index in [1.807, 2.05) is 0 Å². The Morgan fingerprint density at radius 1 is 1.31 bits per heavy atom. The van der Waals surface area contributed by atoms with Gasteiger partial charge in [0.15, 0.2) is 0 Å². The van der Waals surface area contributed by atoms with Crippen LogP contribution in [0.1, 0.15) is 19.8 Å². The topological polar surface area (TPSA) is 66.4 Å². The van der Waals surface area contributed by atoms with E-state index in [-0.39, 0.29) is 17.9 Å². The second-order valence-corrected chi connectivity index (χ2v) is 4.05. The van der Waals surface area contributed by atoms with Crippen LogP contribution in [0.4, 0.5) is 0 Å². The van der Waals surface area contributed by atoms with Gasteiger partial charge in [0.1, 0.15) is 0 Å². The van der Waals surface area contributed by atoms with Gasteiger partial charge in [0.25, 0.3) is 0 Å². The molecule has 2 aliphatic carbocycles. The SMILES string of the molecule is CC(=O)N[C@@H]1C[C@@H]1[C@@H]1C[C@@H]1C(=O)O. The average Bonchev–Trinajstić information content (AvgIpc) is 2.71. The highest BCUT2D eigenvalue weighted by Crippen LogP contribution is 2.54. The smallest absolute Gasteiger partial charge is 0.306 e. The number of hydrogen-bond donors (Lipinski definition) is 2. The molecule has 0 radical (unpaired) electrons. The average molecular weight is 183 g/mol. The molecule has 2 N–H and O–H groups in total. The van der Waals surface area contributed by atoms with Crippen LogP contribution < -0.4 is 5.32 Å². The van der Waals surface area contributed by atoms with Crippen LogP contribution in [0.5, 0.6) is 0 Å². The molecule has 0 aromatic heterocycles. The molecule has 4 heteroatoms. The van der Waals surface area contributed by atoms with E-state index >= 15 is 0 Å². The Balaban J connectivity index is 1.76. The van der Waals surface area contributed by atoms with Gasteiger partial charge in [-0.2, -0.15) is 0 Å². The molecule has 0 heterocycles. The zero-order valence-electron chi connectivity index (χ0n) is 7.49. The van der Waals surface area contributed by atoms with Crippen molar-refractivity contribution >= 4 is 11.9 Å². The van der Waals surface area contributed by atoms with Crippen LogP contribution in [-0.4, -0.2) is 23.0 Å². The van der Waals surface area contributed by atoms with Crippen molar-refractivity contribution in [1.82, 2.24) is 5.32 Å². The Labute approximate surface area is 76.3 Å². The summed E-state index contributed by atoms with van der Waals surface area (Å²) in [5.74, 6) is -0.0680. The fraction of sp³-hybridized carbons (Fsp3) is 0.778. The fourth-order valence-electron chi connectivity index (χ4n) is 2.09. The predicted molar refractivity (Wildman–Crippen MR) is 44.9 cm³/mol. The van der Waals surface area contributed by atoms with Crippen LogP contribution in [0.3, 0.4) is 0 Å². The monoisotopic (exact) mass is 183 g/mol. The molecule has 0 saturated heterocycles. The van der Waals surface area contributed by atoms with Gasteiger partial charge in [-0.05, 0) is 24.7 Å². The van der Waals surface area contributed by atoms with E-state index in [4.69, 9.17) is 5.11 Å². The summed E-state index contributed by atoms with van der Waals surface area (Å²) < 4.78 is 0. The van der Waals surface area contributed by atoms with Crippen molar-refractivity contribution in [2.75, 3.05) is 0 Å². The summed E-state index contributed by atoms with van der Waals surface area (Å²) >= 11 is 0. The normalized spacial score (nSPS) is 41.0. The maximum atomic E-state index is 10.7. The number of carboxylic acids is 1. The lowest BCUT2D eigenvalue weighted by atomic mass is 10.2. The van der Waals surface area contributed by atoms with Gasteiger partial charge < -0.3 is 10.4 Å². The van der Waals surface area contributed by atoms with Gasteiger partial charge in [-0.15, -0.1) is 0 Å². The molecule has 0 unspecified atom stereocenters. The molecule has 2 aliphatic rings. The Morgan fingerprint density at radius 2 is 2.00 bits per heavy atom. The largest absolute Gasteiger partial charge is 0.481 e. The van der Waals surface area contributed by atoms with Gasteiger partial charge in [0, 0.05) is 13.0 Å². The lowest BCUT2D eigenvalue weighted by Crippen LogP contribution is -2.24. The van der Waals surface area contributed by atoms with E-state index in [1.165, 1.54) is 6.92 Å². The number of carboxylic acid groups (broad SMARTS) is 1. The van der Waals surface area contributed by atoms with E-state index in [0.717, 1.165) is 12.8 Å². The van der Waals surface area contributed by atoms with Crippen LogP contribution in [0, 0.1) is 17.8 Å². The standard InChI is InChI=1S/C9H13NO3/c1-4(11)10-8-3-6(8)5-2-7(5)9(12)13/h5-8H,2-3H2,1H3,(H,10,11)(H,12,13)/t5-,6+,7-,8+/m0/s1. The molecule has 72 valence electrons. The molecule has 1 amide bonds. The molecule has 4 atom stereocenters. The summed E-state index contributed by atoms with van der Waals surface area (Å²) in [6, 6.07) is 0.256. The van der Waals surface area contributed by atoms with Crippen molar-refractivity contribution < 1.29 is 14.7 Å². The first kappa shape index (κ1) is 8.53. The Bertz CT molecular complexity index is 264. The minimum Gasteiger partial charge on any atom is -0.481 e. The number of hydrogen-bond acceptors (Lipinski definition) is 2. The van der Waals surface area contributed by atoms with E-state index < -0.39 is 5.97 Å². The summed E-state index contributed by atoms with van der Waals surface area (Å²) in [4.78, 5) is 21.2. The van der Waals surface area contributed by atoms with Gasteiger partial charge in [-0.1, -0.05) is 0 Å². The second-order valence-electron chi connectivity index (χ2n) is 4.05. The third kappa shape index (κ3) is 1.66. The van der Waals surface area contributed by atoms with Crippen molar-refractivity contribution in [3.05, 3.63) is 0 Å². The maximum absolute atomic E-state index is 10.7. The van der Waals surface area contributed by atoms with Crippen molar-refractivity contribution in [3.63, 3.8) is 0 Å². The van der Waals surface area contributed by atoms with Gasteiger partial charge in [0.05, 0.1) is 5.92 Å². The van der Waals surface area contributed by atoms with Gasteiger partial charge >= 0.3 is 5.97 Å². The molecular formula is C9H13NO3. The van der Waals surface area contributed by atoms with Crippen LogP contribution in [0.15, 0.2) is 0 Å². The molecule has 0 bridgehead atoms. The highest BCUT2D eigenvalue weighted by molar-refractivity contribution is 5.75. The number of aliphatic carboxylic acids is 1. The molecule has 0 aromatic carbocycles. The van der Waals surface area contributed by atoms with Gasteiger partial charge in [-0.25, -0.2) is 0 Å². The van der Waals surface area contributed by atoms with Crippen molar-refractivity contribution in [3.8, 4) is 0 Å². The summed E-state index contributed by atoms with van der Waals surface area (Å²) in [7, 11) is 0. The minimum absolute atomic E-state index is 0.0139. The first-order chi connectivity index (χ1) is 6.09. The van der Waals surface area contributed by atoms with Crippen molar-refractivity contribution in [2.24, 2.45) is 17.8 Å². The summed E-state index contributed by atoms with van der Waals surface area (Å²) in [6.45, 7) is 1.50. The van der Waals surface area contributed by atoms with E-state index in [1.54, 1.807) is 0 Å². The van der Waals surface area contributed by atoms with E-state index in [9.17, 15) is 9.59 Å². The third-order valence-corrected chi connectivity index (χ3v) is 2.94. The summed E-state index contributed by atoms with van der Waals surface area (Å²) in [5, 5.41) is 11.5. The number of carbonyl (C=O) groups excluding carboxylic acids is 1. The number of rotatable bonds is 3.